The van der Waals surface area contributed by atoms with Gasteiger partial charge in [0.25, 0.3) is 0 Å². The highest BCUT2D eigenvalue weighted by Gasteiger charge is 2.22. The molecule has 2 heterocycles. The molecular weight excluding hydrogens is 252 g/mol. The summed E-state index contributed by atoms with van der Waals surface area (Å²) in [6, 6.07) is 0.396. The van der Waals surface area contributed by atoms with Gasteiger partial charge in [-0.15, -0.1) is 11.3 Å². The van der Waals surface area contributed by atoms with Crippen LogP contribution in [0.25, 0.3) is 0 Å². The fourth-order valence-corrected chi connectivity index (χ4v) is 2.74. The molecule has 0 bridgehead atoms. The summed E-state index contributed by atoms with van der Waals surface area (Å²) in [6.07, 6.45) is 0. The van der Waals surface area contributed by atoms with Crippen LogP contribution in [-0.4, -0.2) is 72.2 Å². The van der Waals surface area contributed by atoms with Crippen LogP contribution in [0.3, 0.4) is 0 Å². The SMILES string of the molecule is CN1CCN(C)C(CNc2scnc2C(=O)O)C1. The molecule has 0 aromatic carbocycles. The van der Waals surface area contributed by atoms with Crippen molar-refractivity contribution in [2.24, 2.45) is 0 Å². The Hall–Kier alpha value is -1.18. The van der Waals surface area contributed by atoms with Crippen LogP contribution in [0.1, 0.15) is 10.5 Å². The fourth-order valence-electron chi connectivity index (χ4n) is 2.06. The summed E-state index contributed by atoms with van der Waals surface area (Å²) in [5, 5.41) is 12.8. The normalized spacial score (nSPS) is 22.0. The highest BCUT2D eigenvalue weighted by molar-refractivity contribution is 7.14. The molecule has 0 aliphatic carbocycles. The molecule has 6 nitrogen and oxygen atoms in total. The van der Waals surface area contributed by atoms with Crippen LogP contribution in [0, 0.1) is 0 Å². The number of likely N-dealkylation sites (N-methyl/N-ethyl adjacent to an activating group) is 2. The molecule has 1 fully saturated rings. The van der Waals surface area contributed by atoms with E-state index >= 15 is 0 Å². The van der Waals surface area contributed by atoms with Crippen molar-refractivity contribution in [1.29, 1.82) is 0 Å². The fraction of sp³-hybridized carbons (Fsp3) is 0.636. The molecule has 1 unspecified atom stereocenters. The largest absolute Gasteiger partial charge is 0.476 e. The zero-order valence-corrected chi connectivity index (χ0v) is 11.4. The Labute approximate surface area is 110 Å². The molecule has 1 saturated heterocycles. The number of carboxylic acid groups (broad SMARTS) is 1. The van der Waals surface area contributed by atoms with Crippen molar-refractivity contribution in [2.75, 3.05) is 45.6 Å². The van der Waals surface area contributed by atoms with Gasteiger partial charge >= 0.3 is 5.97 Å². The van der Waals surface area contributed by atoms with Gasteiger partial charge in [-0.1, -0.05) is 0 Å². The lowest BCUT2D eigenvalue weighted by atomic mass is 10.2. The third-order valence-electron chi connectivity index (χ3n) is 3.25. The van der Waals surface area contributed by atoms with Crippen LogP contribution in [0.5, 0.6) is 0 Å². The number of hydrogen-bond donors (Lipinski definition) is 2. The third kappa shape index (κ3) is 2.98. The number of aromatic carboxylic acids is 1. The summed E-state index contributed by atoms with van der Waals surface area (Å²) in [7, 11) is 4.21. The van der Waals surface area contributed by atoms with Crippen LogP contribution in [0.4, 0.5) is 5.00 Å². The van der Waals surface area contributed by atoms with Gasteiger partial charge < -0.3 is 15.3 Å². The first-order valence-electron chi connectivity index (χ1n) is 5.87. The maximum Gasteiger partial charge on any atom is 0.357 e. The molecule has 1 aliphatic rings. The van der Waals surface area contributed by atoms with E-state index in [-0.39, 0.29) is 5.69 Å². The van der Waals surface area contributed by atoms with Crippen molar-refractivity contribution >= 4 is 22.3 Å². The van der Waals surface area contributed by atoms with Crippen molar-refractivity contribution in [3.8, 4) is 0 Å². The predicted octanol–water partition coefficient (Wildman–Crippen LogP) is 0.499. The molecule has 1 atom stereocenters. The number of carboxylic acids is 1. The standard InChI is InChI=1S/C11H18N4O2S/c1-14-3-4-15(2)8(6-14)5-12-10-9(11(16)17)13-7-18-10/h7-8,12H,3-6H2,1-2H3,(H,16,17). The minimum atomic E-state index is -0.979. The highest BCUT2D eigenvalue weighted by Crippen LogP contribution is 2.20. The first-order valence-corrected chi connectivity index (χ1v) is 6.75. The topological polar surface area (TPSA) is 68.7 Å². The van der Waals surface area contributed by atoms with E-state index < -0.39 is 5.97 Å². The van der Waals surface area contributed by atoms with Crippen molar-refractivity contribution in [3.63, 3.8) is 0 Å². The van der Waals surface area contributed by atoms with Crippen molar-refractivity contribution in [1.82, 2.24) is 14.8 Å². The van der Waals surface area contributed by atoms with E-state index in [0.29, 0.717) is 11.0 Å². The van der Waals surface area contributed by atoms with Gasteiger partial charge in [0.2, 0.25) is 0 Å². The van der Waals surface area contributed by atoms with Crippen LogP contribution < -0.4 is 5.32 Å². The molecule has 100 valence electrons. The van der Waals surface area contributed by atoms with Crippen molar-refractivity contribution in [2.45, 2.75) is 6.04 Å². The van der Waals surface area contributed by atoms with E-state index in [9.17, 15) is 4.79 Å². The Morgan fingerprint density at radius 1 is 1.61 bits per heavy atom. The zero-order valence-electron chi connectivity index (χ0n) is 10.6. The maximum absolute atomic E-state index is 10.9. The van der Waals surface area contributed by atoms with Crippen molar-refractivity contribution in [3.05, 3.63) is 11.2 Å². The van der Waals surface area contributed by atoms with Gasteiger partial charge in [0.15, 0.2) is 5.69 Å². The van der Waals surface area contributed by atoms with E-state index in [0.717, 1.165) is 26.2 Å². The number of nitrogens with zero attached hydrogens (tertiary/aromatic N) is 3. The average molecular weight is 270 g/mol. The minimum Gasteiger partial charge on any atom is -0.476 e. The summed E-state index contributed by atoms with van der Waals surface area (Å²) in [5.41, 5.74) is 1.68. The van der Waals surface area contributed by atoms with Gasteiger partial charge in [0.05, 0.1) is 5.51 Å². The molecule has 0 saturated carbocycles. The second-order valence-corrected chi connectivity index (χ2v) is 5.47. The van der Waals surface area contributed by atoms with Gasteiger partial charge in [-0.25, -0.2) is 9.78 Å². The molecule has 1 aromatic heterocycles. The number of thiazole rings is 1. The molecule has 2 rings (SSSR count). The van der Waals surface area contributed by atoms with Crippen LogP contribution in [0.15, 0.2) is 5.51 Å². The number of nitrogens with one attached hydrogen (secondary N) is 1. The smallest absolute Gasteiger partial charge is 0.357 e. The van der Waals surface area contributed by atoms with Gasteiger partial charge in [-0.05, 0) is 14.1 Å². The van der Waals surface area contributed by atoms with Gasteiger partial charge in [0, 0.05) is 32.2 Å². The molecule has 1 aliphatic heterocycles. The monoisotopic (exact) mass is 270 g/mol. The Balaban J connectivity index is 1.94. The Kier molecular flexibility index (Phi) is 4.15. The summed E-state index contributed by atoms with van der Waals surface area (Å²) in [4.78, 5) is 19.4. The summed E-state index contributed by atoms with van der Waals surface area (Å²) in [5.74, 6) is -0.979. The number of anilines is 1. The molecule has 1 aromatic rings. The van der Waals surface area contributed by atoms with Gasteiger partial charge in [-0.2, -0.15) is 0 Å². The summed E-state index contributed by atoms with van der Waals surface area (Å²) < 4.78 is 0. The summed E-state index contributed by atoms with van der Waals surface area (Å²) in [6.45, 7) is 3.85. The molecule has 2 N–H and O–H groups in total. The number of carbonyl (C=O) groups is 1. The van der Waals surface area contributed by atoms with E-state index in [1.807, 2.05) is 0 Å². The second-order valence-electron chi connectivity index (χ2n) is 4.61. The molecule has 7 heteroatoms. The number of aromatic nitrogens is 1. The number of hydrogen-bond acceptors (Lipinski definition) is 6. The Bertz CT molecular complexity index is 423. The number of piperazine rings is 1. The first kappa shape index (κ1) is 13.3. The molecule has 0 spiro atoms. The Morgan fingerprint density at radius 3 is 3.11 bits per heavy atom. The lowest BCUT2D eigenvalue weighted by Crippen LogP contribution is -2.52. The van der Waals surface area contributed by atoms with Gasteiger partial charge in [0.1, 0.15) is 5.00 Å². The second kappa shape index (κ2) is 5.64. The maximum atomic E-state index is 10.9. The zero-order chi connectivity index (χ0) is 13.1. The van der Waals surface area contributed by atoms with Gasteiger partial charge in [-0.3, -0.25) is 4.90 Å². The minimum absolute atomic E-state index is 0.117. The Morgan fingerprint density at radius 2 is 2.39 bits per heavy atom. The van der Waals surface area contributed by atoms with E-state index in [2.05, 4.69) is 34.2 Å². The van der Waals surface area contributed by atoms with Crippen LogP contribution in [-0.2, 0) is 0 Å². The quantitative estimate of drug-likeness (QED) is 0.830. The molecular formula is C11H18N4O2S. The van der Waals surface area contributed by atoms with E-state index in [1.54, 1.807) is 5.51 Å². The lowest BCUT2D eigenvalue weighted by Gasteiger charge is -2.37. The molecule has 0 radical (unpaired) electrons. The summed E-state index contributed by atoms with van der Waals surface area (Å²) >= 11 is 1.33. The van der Waals surface area contributed by atoms with E-state index in [1.165, 1.54) is 11.3 Å². The predicted molar refractivity (Wildman–Crippen MR) is 71.5 cm³/mol. The highest BCUT2D eigenvalue weighted by atomic mass is 32.1. The van der Waals surface area contributed by atoms with Crippen LogP contribution >= 0.6 is 11.3 Å². The molecule has 18 heavy (non-hydrogen) atoms. The lowest BCUT2D eigenvalue weighted by molar-refractivity contribution is 0.0692. The van der Waals surface area contributed by atoms with Crippen molar-refractivity contribution < 1.29 is 9.90 Å². The first-order chi connectivity index (χ1) is 8.58. The van der Waals surface area contributed by atoms with Crippen LogP contribution in [0.2, 0.25) is 0 Å². The van der Waals surface area contributed by atoms with E-state index in [4.69, 9.17) is 5.11 Å². The number of rotatable bonds is 4. The third-order valence-corrected chi connectivity index (χ3v) is 4.03. The molecule has 0 amide bonds. The average Bonchev–Trinajstić information content (AvgIpc) is 2.79.